The van der Waals surface area contributed by atoms with Crippen molar-refractivity contribution in [2.75, 3.05) is 32.1 Å². The van der Waals surface area contributed by atoms with Crippen LogP contribution in [0.1, 0.15) is 24.1 Å². The number of carbonyl (C=O) groups is 3. The Morgan fingerprint density at radius 1 is 1.07 bits per heavy atom. The molecule has 1 unspecified atom stereocenters. The molecule has 2 aromatic rings. The van der Waals surface area contributed by atoms with Crippen LogP contribution in [0.2, 0.25) is 0 Å². The molecule has 7 heteroatoms. The monoisotopic (exact) mass is 407 g/mol. The molecule has 3 rings (SSSR count). The maximum Gasteiger partial charge on any atom is 0.295 e. The first-order valence-corrected chi connectivity index (χ1v) is 9.67. The number of carbonyl (C=O) groups excluding carboxylic acids is 3. The van der Waals surface area contributed by atoms with Crippen molar-refractivity contribution in [1.29, 1.82) is 0 Å². The summed E-state index contributed by atoms with van der Waals surface area (Å²) in [5.41, 5.74) is 2.19. The Balaban J connectivity index is 2.08. The zero-order valence-corrected chi connectivity index (χ0v) is 17.3. The highest BCUT2D eigenvalue weighted by molar-refractivity contribution is 6.46. The zero-order valence-electron chi connectivity index (χ0n) is 17.3. The molecule has 1 aliphatic heterocycles. The molecule has 0 saturated carbocycles. The fourth-order valence-corrected chi connectivity index (χ4v) is 3.52. The number of anilines is 1. The summed E-state index contributed by atoms with van der Waals surface area (Å²) >= 11 is 0. The predicted molar refractivity (Wildman–Crippen MR) is 115 cm³/mol. The van der Waals surface area contributed by atoms with Crippen molar-refractivity contribution in [3.63, 3.8) is 0 Å². The van der Waals surface area contributed by atoms with Gasteiger partial charge in [0.2, 0.25) is 5.91 Å². The quantitative estimate of drug-likeness (QED) is 0.436. The molecule has 2 N–H and O–H groups in total. The van der Waals surface area contributed by atoms with Gasteiger partial charge in [0.25, 0.3) is 11.7 Å². The Kier molecular flexibility index (Phi) is 6.20. The van der Waals surface area contributed by atoms with Crippen molar-refractivity contribution in [3.05, 3.63) is 71.3 Å². The van der Waals surface area contributed by atoms with Gasteiger partial charge in [0.05, 0.1) is 11.6 Å². The number of likely N-dealkylation sites (tertiary alicyclic amines) is 1. The lowest BCUT2D eigenvalue weighted by atomic mass is 9.95. The number of Topliss-reactive ketones (excluding diaryl/α,β-unsaturated/α-hetero) is 1. The van der Waals surface area contributed by atoms with Crippen molar-refractivity contribution in [2.24, 2.45) is 0 Å². The third kappa shape index (κ3) is 4.20. The minimum atomic E-state index is -0.741. The smallest absolute Gasteiger partial charge is 0.295 e. The highest BCUT2D eigenvalue weighted by Crippen LogP contribution is 2.39. The van der Waals surface area contributed by atoms with Crippen LogP contribution in [0, 0.1) is 0 Å². The average molecular weight is 407 g/mol. The molecule has 0 spiro atoms. The minimum Gasteiger partial charge on any atom is -0.507 e. The average Bonchev–Trinajstić information content (AvgIpc) is 2.98. The number of benzene rings is 2. The van der Waals surface area contributed by atoms with Crippen LogP contribution in [-0.4, -0.2) is 54.8 Å². The Labute approximate surface area is 175 Å². The van der Waals surface area contributed by atoms with E-state index >= 15 is 0 Å². The second-order valence-corrected chi connectivity index (χ2v) is 7.33. The summed E-state index contributed by atoms with van der Waals surface area (Å²) in [4.78, 5) is 40.3. The third-order valence-corrected chi connectivity index (χ3v) is 5.04. The largest absolute Gasteiger partial charge is 0.507 e. The van der Waals surface area contributed by atoms with E-state index in [2.05, 4.69) is 5.32 Å². The van der Waals surface area contributed by atoms with Crippen LogP contribution in [0.5, 0.6) is 0 Å². The van der Waals surface area contributed by atoms with Crippen LogP contribution >= 0.6 is 0 Å². The van der Waals surface area contributed by atoms with E-state index in [0.29, 0.717) is 11.1 Å². The molecular weight excluding hydrogens is 382 g/mol. The van der Waals surface area contributed by atoms with E-state index in [1.165, 1.54) is 11.8 Å². The van der Waals surface area contributed by atoms with Gasteiger partial charge in [-0.2, -0.15) is 0 Å². The van der Waals surface area contributed by atoms with Gasteiger partial charge in [0.1, 0.15) is 5.76 Å². The molecular formula is C23H25N3O4. The minimum absolute atomic E-state index is 0.0478. The zero-order chi connectivity index (χ0) is 21.8. The van der Waals surface area contributed by atoms with Gasteiger partial charge in [-0.1, -0.05) is 42.5 Å². The molecule has 1 atom stereocenters. The summed E-state index contributed by atoms with van der Waals surface area (Å²) < 4.78 is 0. The van der Waals surface area contributed by atoms with E-state index in [1.54, 1.807) is 30.3 Å². The van der Waals surface area contributed by atoms with Crippen LogP contribution in [0.4, 0.5) is 5.69 Å². The van der Waals surface area contributed by atoms with Gasteiger partial charge in [-0.25, -0.2) is 0 Å². The number of nitrogens with one attached hydrogen (secondary N) is 1. The summed E-state index contributed by atoms with van der Waals surface area (Å²) in [6.07, 6.45) is 0. The van der Waals surface area contributed by atoms with E-state index < -0.39 is 17.7 Å². The summed E-state index contributed by atoms with van der Waals surface area (Å²) in [5.74, 6) is -1.86. The standard InChI is InChI=1S/C23H25N3O4/c1-15(27)24-13-14-26-20(16-9-11-18(12-10-16)25(2)3)19(22(29)23(26)30)21(28)17-7-5-4-6-8-17/h4-12,20,28H,13-14H2,1-3H3,(H,24,27)/b21-19-. The normalized spacial score (nSPS) is 17.8. The highest BCUT2D eigenvalue weighted by Gasteiger charge is 2.45. The molecule has 1 saturated heterocycles. The van der Waals surface area contributed by atoms with E-state index in [0.717, 1.165) is 5.69 Å². The van der Waals surface area contributed by atoms with Gasteiger partial charge in [0.15, 0.2) is 0 Å². The molecule has 1 heterocycles. The molecule has 7 nitrogen and oxygen atoms in total. The van der Waals surface area contributed by atoms with Gasteiger partial charge in [-0.15, -0.1) is 0 Å². The molecule has 1 aliphatic rings. The maximum absolute atomic E-state index is 12.9. The summed E-state index contributed by atoms with van der Waals surface area (Å²) in [7, 11) is 3.84. The fraction of sp³-hybridized carbons (Fsp3) is 0.261. The van der Waals surface area contributed by atoms with Crippen molar-refractivity contribution in [3.8, 4) is 0 Å². The Hall–Kier alpha value is -3.61. The summed E-state index contributed by atoms with van der Waals surface area (Å²) in [5, 5.41) is 13.6. The molecule has 0 aliphatic carbocycles. The molecule has 0 aromatic heterocycles. The molecule has 1 fully saturated rings. The molecule has 2 aromatic carbocycles. The number of aliphatic hydroxyl groups is 1. The van der Waals surface area contributed by atoms with Crippen LogP contribution < -0.4 is 10.2 Å². The SMILES string of the molecule is CC(=O)NCCN1C(=O)C(=O)/C(=C(\O)c2ccccc2)C1c1ccc(N(C)C)cc1. The lowest BCUT2D eigenvalue weighted by Gasteiger charge is -2.26. The molecule has 2 amide bonds. The lowest BCUT2D eigenvalue weighted by molar-refractivity contribution is -0.139. The number of ketones is 1. The third-order valence-electron chi connectivity index (χ3n) is 5.04. The molecule has 0 bridgehead atoms. The van der Waals surface area contributed by atoms with Crippen LogP contribution in [0.25, 0.3) is 5.76 Å². The lowest BCUT2D eigenvalue weighted by Crippen LogP contribution is -2.37. The first-order chi connectivity index (χ1) is 14.3. The maximum atomic E-state index is 12.9. The first-order valence-electron chi connectivity index (χ1n) is 9.67. The van der Waals surface area contributed by atoms with Crippen molar-refractivity contribution in [2.45, 2.75) is 13.0 Å². The van der Waals surface area contributed by atoms with Crippen molar-refractivity contribution < 1.29 is 19.5 Å². The summed E-state index contributed by atoms with van der Waals surface area (Å²) in [6, 6.07) is 15.4. The predicted octanol–water partition coefficient (Wildman–Crippen LogP) is 2.31. The number of aliphatic hydroxyl groups excluding tert-OH is 1. The van der Waals surface area contributed by atoms with E-state index in [-0.39, 0.29) is 30.3 Å². The topological polar surface area (TPSA) is 90.0 Å². The van der Waals surface area contributed by atoms with E-state index in [9.17, 15) is 19.5 Å². The second kappa shape index (κ2) is 8.82. The number of hydrogen-bond donors (Lipinski definition) is 2. The Morgan fingerprint density at radius 2 is 1.70 bits per heavy atom. The van der Waals surface area contributed by atoms with E-state index in [4.69, 9.17) is 0 Å². The van der Waals surface area contributed by atoms with Crippen molar-refractivity contribution >= 4 is 29.0 Å². The second-order valence-electron chi connectivity index (χ2n) is 7.33. The van der Waals surface area contributed by atoms with Gasteiger partial charge in [0, 0.05) is 45.4 Å². The van der Waals surface area contributed by atoms with Gasteiger partial charge in [-0.05, 0) is 17.7 Å². The first kappa shape index (κ1) is 21.1. The van der Waals surface area contributed by atoms with Crippen molar-refractivity contribution in [1.82, 2.24) is 10.2 Å². The number of nitrogens with zero attached hydrogens (tertiary/aromatic N) is 2. The van der Waals surface area contributed by atoms with Crippen LogP contribution in [0.15, 0.2) is 60.2 Å². The fourth-order valence-electron chi connectivity index (χ4n) is 3.52. The Morgan fingerprint density at radius 3 is 2.27 bits per heavy atom. The number of rotatable bonds is 6. The molecule has 30 heavy (non-hydrogen) atoms. The molecule has 0 radical (unpaired) electrons. The van der Waals surface area contributed by atoms with Gasteiger partial charge < -0.3 is 20.2 Å². The molecule has 156 valence electrons. The number of hydrogen-bond acceptors (Lipinski definition) is 5. The highest BCUT2D eigenvalue weighted by atomic mass is 16.3. The van der Waals surface area contributed by atoms with Crippen LogP contribution in [0.3, 0.4) is 0 Å². The Bertz CT molecular complexity index is 981. The van der Waals surface area contributed by atoms with Gasteiger partial charge >= 0.3 is 0 Å². The number of amides is 2. The summed E-state index contributed by atoms with van der Waals surface area (Å²) in [6.45, 7) is 1.75. The van der Waals surface area contributed by atoms with E-state index in [1.807, 2.05) is 43.3 Å². The van der Waals surface area contributed by atoms with Crippen LogP contribution in [-0.2, 0) is 14.4 Å². The van der Waals surface area contributed by atoms with Gasteiger partial charge in [-0.3, -0.25) is 14.4 Å².